The number of aromatic nitrogens is 2. The van der Waals surface area contributed by atoms with E-state index in [1.165, 1.54) is 6.07 Å². The van der Waals surface area contributed by atoms with Crippen LogP contribution in [-0.2, 0) is 6.18 Å². The Labute approximate surface area is 106 Å². The van der Waals surface area contributed by atoms with Crippen LogP contribution < -0.4 is 5.73 Å². The molecule has 0 fully saturated rings. The number of aryl methyl sites for hydroxylation is 1. The zero-order valence-corrected chi connectivity index (χ0v) is 9.90. The van der Waals surface area contributed by atoms with Gasteiger partial charge in [-0.05, 0) is 31.2 Å². The lowest BCUT2D eigenvalue weighted by Crippen LogP contribution is -2.16. The molecule has 1 aromatic carbocycles. The molecule has 0 bridgehead atoms. The molecule has 7 heteroatoms. The van der Waals surface area contributed by atoms with E-state index >= 15 is 0 Å². The van der Waals surface area contributed by atoms with Gasteiger partial charge >= 0.3 is 6.18 Å². The molecule has 0 radical (unpaired) electrons. The molecule has 2 aromatic rings. The molecule has 0 amide bonds. The molecule has 0 saturated carbocycles. The Morgan fingerprint density at radius 1 is 1.26 bits per heavy atom. The molecule has 0 aliphatic heterocycles. The molecule has 0 spiro atoms. The van der Waals surface area contributed by atoms with Gasteiger partial charge in [-0.2, -0.15) is 23.0 Å². The second-order valence-electron chi connectivity index (χ2n) is 4.00. The van der Waals surface area contributed by atoms with Crippen molar-refractivity contribution in [1.82, 2.24) is 9.78 Å². The Balaban J connectivity index is 2.33. The van der Waals surface area contributed by atoms with Gasteiger partial charge in [0.15, 0.2) is 0 Å². The number of nitrogens with two attached hydrogens (primary N) is 1. The van der Waals surface area contributed by atoms with Crippen LogP contribution in [0.4, 0.5) is 19.0 Å². The van der Waals surface area contributed by atoms with Crippen LogP contribution >= 0.6 is 0 Å². The number of anilines is 1. The van der Waals surface area contributed by atoms with Gasteiger partial charge in [-0.3, -0.25) is 4.79 Å². The van der Waals surface area contributed by atoms with Crippen molar-refractivity contribution in [2.75, 3.05) is 5.73 Å². The largest absolute Gasteiger partial charge is 0.416 e. The fourth-order valence-corrected chi connectivity index (χ4v) is 1.61. The van der Waals surface area contributed by atoms with Crippen LogP contribution in [0.3, 0.4) is 0 Å². The average molecular weight is 269 g/mol. The molecule has 1 aromatic heterocycles. The first kappa shape index (κ1) is 13.1. The lowest BCUT2D eigenvalue weighted by molar-refractivity contribution is -0.137. The predicted octanol–water partition coefficient (Wildman–Crippen LogP) is 2.48. The molecule has 4 nitrogen and oxygen atoms in total. The number of carbonyl (C=O) groups is 1. The molecule has 100 valence electrons. The van der Waals surface area contributed by atoms with Crippen LogP contribution in [0.2, 0.25) is 0 Å². The number of rotatable bonds is 1. The van der Waals surface area contributed by atoms with Crippen molar-refractivity contribution in [2.24, 2.45) is 0 Å². The summed E-state index contributed by atoms with van der Waals surface area (Å²) >= 11 is 0. The molecule has 0 saturated heterocycles. The number of hydrogen-bond acceptors (Lipinski definition) is 3. The van der Waals surface area contributed by atoms with E-state index < -0.39 is 17.6 Å². The first-order chi connectivity index (χ1) is 8.79. The second-order valence-corrected chi connectivity index (χ2v) is 4.00. The fraction of sp³-hybridized carbons (Fsp3) is 0.167. The fourth-order valence-electron chi connectivity index (χ4n) is 1.61. The zero-order valence-electron chi connectivity index (χ0n) is 9.90. The summed E-state index contributed by atoms with van der Waals surface area (Å²) in [6.07, 6.45) is -4.43. The molecular formula is C12H10F3N3O. The summed E-state index contributed by atoms with van der Waals surface area (Å²) in [5, 5.41) is 3.88. The summed E-state index contributed by atoms with van der Waals surface area (Å²) in [7, 11) is 0. The highest BCUT2D eigenvalue weighted by atomic mass is 19.4. The van der Waals surface area contributed by atoms with Gasteiger partial charge in [-0.15, -0.1) is 0 Å². The lowest BCUT2D eigenvalue weighted by atomic mass is 10.1. The van der Waals surface area contributed by atoms with Crippen molar-refractivity contribution < 1.29 is 18.0 Å². The molecule has 2 N–H and O–H groups in total. The highest BCUT2D eigenvalue weighted by Gasteiger charge is 2.30. The maximum Gasteiger partial charge on any atom is 0.416 e. The summed E-state index contributed by atoms with van der Waals surface area (Å²) in [4.78, 5) is 12.0. The van der Waals surface area contributed by atoms with Crippen molar-refractivity contribution in [2.45, 2.75) is 13.1 Å². The van der Waals surface area contributed by atoms with Crippen LogP contribution in [0.5, 0.6) is 0 Å². The minimum absolute atomic E-state index is 0.0859. The third kappa shape index (κ3) is 2.59. The minimum atomic E-state index is -4.43. The van der Waals surface area contributed by atoms with Gasteiger partial charge < -0.3 is 5.73 Å². The molecule has 0 atom stereocenters. The number of halogens is 3. The van der Waals surface area contributed by atoms with Crippen LogP contribution in [0.15, 0.2) is 30.3 Å². The molecule has 19 heavy (non-hydrogen) atoms. The number of alkyl halides is 3. The number of benzene rings is 1. The molecular weight excluding hydrogens is 259 g/mol. The van der Waals surface area contributed by atoms with Gasteiger partial charge in [0.05, 0.1) is 11.3 Å². The van der Waals surface area contributed by atoms with Gasteiger partial charge in [0.25, 0.3) is 5.91 Å². The molecule has 0 aliphatic carbocycles. The second kappa shape index (κ2) is 4.42. The van der Waals surface area contributed by atoms with Crippen LogP contribution in [0.25, 0.3) is 0 Å². The van der Waals surface area contributed by atoms with Crippen molar-refractivity contribution in [3.63, 3.8) is 0 Å². The quantitative estimate of drug-likeness (QED) is 0.865. The SMILES string of the molecule is Cc1cc(N)n(C(=O)c2ccc(C(F)(F)F)cc2)n1. The van der Waals surface area contributed by atoms with E-state index in [2.05, 4.69) is 5.10 Å². The highest BCUT2D eigenvalue weighted by molar-refractivity contribution is 5.97. The normalized spacial score (nSPS) is 11.6. The summed E-state index contributed by atoms with van der Waals surface area (Å²) < 4.78 is 38.1. The Bertz CT molecular complexity index is 614. The molecule has 2 rings (SSSR count). The van der Waals surface area contributed by atoms with Crippen LogP contribution in [-0.4, -0.2) is 15.7 Å². The number of carbonyl (C=O) groups excluding carboxylic acids is 1. The first-order valence-electron chi connectivity index (χ1n) is 5.33. The first-order valence-corrected chi connectivity index (χ1v) is 5.33. The third-order valence-corrected chi connectivity index (χ3v) is 2.51. The average Bonchev–Trinajstić information content (AvgIpc) is 2.66. The van der Waals surface area contributed by atoms with E-state index in [-0.39, 0.29) is 11.4 Å². The maximum absolute atomic E-state index is 12.4. The third-order valence-electron chi connectivity index (χ3n) is 2.51. The highest BCUT2D eigenvalue weighted by Crippen LogP contribution is 2.29. The molecule has 1 heterocycles. The standard InChI is InChI=1S/C12H10F3N3O/c1-7-6-10(16)18(17-7)11(19)8-2-4-9(5-3-8)12(13,14)15/h2-6H,16H2,1H3. The smallest absolute Gasteiger partial charge is 0.383 e. The summed E-state index contributed by atoms with van der Waals surface area (Å²) in [5.74, 6) is -0.429. The zero-order chi connectivity index (χ0) is 14.2. The van der Waals surface area contributed by atoms with Gasteiger partial charge in [-0.25, -0.2) is 0 Å². The van der Waals surface area contributed by atoms with E-state index in [1.807, 2.05) is 0 Å². The molecule has 0 aliphatic rings. The Hall–Kier alpha value is -2.31. The number of nitrogens with zero attached hydrogens (tertiary/aromatic N) is 2. The monoisotopic (exact) mass is 269 g/mol. The van der Waals surface area contributed by atoms with Crippen molar-refractivity contribution in [3.8, 4) is 0 Å². The minimum Gasteiger partial charge on any atom is -0.383 e. The van der Waals surface area contributed by atoms with Crippen molar-refractivity contribution in [1.29, 1.82) is 0 Å². The van der Waals surface area contributed by atoms with Gasteiger partial charge in [0.1, 0.15) is 5.82 Å². The summed E-state index contributed by atoms with van der Waals surface area (Å²) in [5.41, 5.74) is 5.41. The summed E-state index contributed by atoms with van der Waals surface area (Å²) in [6, 6.07) is 5.39. The summed E-state index contributed by atoms with van der Waals surface area (Å²) in [6.45, 7) is 1.66. The van der Waals surface area contributed by atoms with Crippen molar-refractivity contribution in [3.05, 3.63) is 47.2 Å². The van der Waals surface area contributed by atoms with E-state index in [0.29, 0.717) is 5.69 Å². The van der Waals surface area contributed by atoms with Gasteiger partial charge in [0, 0.05) is 11.6 Å². The Kier molecular flexibility index (Phi) is 3.05. The maximum atomic E-state index is 12.4. The number of nitrogen functional groups attached to an aromatic ring is 1. The predicted molar refractivity (Wildman–Crippen MR) is 62.5 cm³/mol. The van der Waals surface area contributed by atoms with E-state index in [4.69, 9.17) is 5.73 Å². The van der Waals surface area contributed by atoms with E-state index in [9.17, 15) is 18.0 Å². The number of hydrogen-bond donors (Lipinski definition) is 1. The van der Waals surface area contributed by atoms with Gasteiger partial charge in [-0.1, -0.05) is 0 Å². The Morgan fingerprint density at radius 2 is 1.84 bits per heavy atom. The topological polar surface area (TPSA) is 60.9 Å². The lowest BCUT2D eigenvalue weighted by Gasteiger charge is -2.07. The van der Waals surface area contributed by atoms with E-state index in [0.717, 1.165) is 28.9 Å². The van der Waals surface area contributed by atoms with Gasteiger partial charge in [0.2, 0.25) is 0 Å². The van der Waals surface area contributed by atoms with Crippen LogP contribution in [0, 0.1) is 6.92 Å². The molecule has 0 unspecified atom stereocenters. The Morgan fingerprint density at radius 3 is 2.26 bits per heavy atom. The van der Waals surface area contributed by atoms with E-state index in [1.54, 1.807) is 6.92 Å². The van der Waals surface area contributed by atoms with Crippen molar-refractivity contribution >= 4 is 11.7 Å². The van der Waals surface area contributed by atoms with Crippen LogP contribution in [0.1, 0.15) is 21.6 Å².